The number of aromatic amines is 1. The molecule has 4 aromatic rings. The second kappa shape index (κ2) is 8.82. The van der Waals surface area contributed by atoms with Crippen LogP contribution >= 0.6 is 0 Å². The number of benzene rings is 2. The molecule has 5 rings (SSSR count). The van der Waals surface area contributed by atoms with E-state index in [-0.39, 0.29) is 5.91 Å². The highest BCUT2D eigenvalue weighted by molar-refractivity contribution is 5.85. The van der Waals surface area contributed by atoms with Crippen LogP contribution in [0.15, 0.2) is 61.1 Å². The fourth-order valence-corrected chi connectivity index (χ4v) is 4.65. The van der Waals surface area contributed by atoms with E-state index in [1.165, 1.54) is 17.3 Å². The quantitative estimate of drug-likeness (QED) is 0.507. The first-order valence-electron chi connectivity index (χ1n) is 10.9. The van der Waals surface area contributed by atoms with Gasteiger partial charge in [-0.1, -0.05) is 30.3 Å². The molecule has 0 saturated carbocycles. The van der Waals surface area contributed by atoms with Crippen molar-refractivity contribution in [2.45, 2.75) is 31.2 Å². The summed E-state index contributed by atoms with van der Waals surface area (Å²) in [6.45, 7) is 1.43. The second-order valence-corrected chi connectivity index (χ2v) is 8.25. The number of rotatable bonds is 6. The first kappa shape index (κ1) is 20.2. The zero-order chi connectivity index (χ0) is 21.9. The van der Waals surface area contributed by atoms with E-state index in [9.17, 15) is 4.79 Å². The maximum Gasteiger partial charge on any atom is 0.247 e. The molecule has 1 unspecified atom stereocenters. The van der Waals surface area contributed by atoms with Gasteiger partial charge in [0.15, 0.2) is 0 Å². The Morgan fingerprint density at radius 2 is 2.00 bits per heavy atom. The van der Waals surface area contributed by atoms with Gasteiger partial charge in [0.1, 0.15) is 18.1 Å². The number of nitrogens with zero attached hydrogens (tertiary/aromatic N) is 5. The Morgan fingerprint density at radius 3 is 2.72 bits per heavy atom. The lowest BCUT2D eigenvalue weighted by molar-refractivity contribution is -0.136. The summed E-state index contributed by atoms with van der Waals surface area (Å²) in [5.41, 5.74) is 3.50. The lowest BCUT2D eigenvalue weighted by Gasteiger charge is -2.34. The molecule has 2 aromatic carbocycles. The molecule has 1 aliphatic heterocycles. The second-order valence-electron chi connectivity index (χ2n) is 8.25. The van der Waals surface area contributed by atoms with Crippen LogP contribution in [0.4, 0.5) is 0 Å². The zero-order valence-corrected chi connectivity index (χ0v) is 18.0. The molecular weight excluding hydrogens is 404 g/mol. The van der Waals surface area contributed by atoms with Gasteiger partial charge in [0.25, 0.3) is 0 Å². The highest BCUT2D eigenvalue weighted by Crippen LogP contribution is 2.35. The number of amides is 1. The van der Waals surface area contributed by atoms with Crippen molar-refractivity contribution in [2.24, 2.45) is 0 Å². The SMILES string of the molecule is COc1ccc2[nH]cc(C3CCN(C(=O)C(Cc4ccccc4)n4cnnn4)CC3)c2c1. The number of H-pyrrole nitrogens is 1. The zero-order valence-electron chi connectivity index (χ0n) is 18.0. The predicted molar refractivity (Wildman–Crippen MR) is 120 cm³/mol. The number of likely N-dealkylation sites (tertiary alicyclic amines) is 1. The molecule has 8 nitrogen and oxygen atoms in total. The van der Waals surface area contributed by atoms with Crippen LogP contribution in [0.5, 0.6) is 5.75 Å². The highest BCUT2D eigenvalue weighted by atomic mass is 16.5. The maximum atomic E-state index is 13.5. The average Bonchev–Trinajstić information content (AvgIpc) is 3.53. The monoisotopic (exact) mass is 430 g/mol. The van der Waals surface area contributed by atoms with Crippen molar-refractivity contribution in [2.75, 3.05) is 20.2 Å². The van der Waals surface area contributed by atoms with Crippen molar-refractivity contribution in [1.82, 2.24) is 30.1 Å². The van der Waals surface area contributed by atoms with Crippen molar-refractivity contribution < 1.29 is 9.53 Å². The molecule has 8 heteroatoms. The van der Waals surface area contributed by atoms with Gasteiger partial charge < -0.3 is 14.6 Å². The van der Waals surface area contributed by atoms with Crippen LogP contribution in [0.2, 0.25) is 0 Å². The van der Waals surface area contributed by atoms with Crippen LogP contribution in [0, 0.1) is 0 Å². The lowest BCUT2D eigenvalue weighted by atomic mass is 9.88. The molecule has 0 aliphatic carbocycles. The molecule has 3 heterocycles. The average molecular weight is 431 g/mol. The third-order valence-corrected chi connectivity index (χ3v) is 6.41. The van der Waals surface area contributed by atoms with Crippen molar-refractivity contribution in [1.29, 1.82) is 0 Å². The summed E-state index contributed by atoms with van der Waals surface area (Å²) in [6.07, 6.45) is 6.03. The van der Waals surface area contributed by atoms with Gasteiger partial charge in [-0.15, -0.1) is 5.10 Å². The van der Waals surface area contributed by atoms with Crippen LogP contribution in [-0.2, 0) is 11.2 Å². The minimum Gasteiger partial charge on any atom is -0.497 e. The van der Waals surface area contributed by atoms with Crippen molar-refractivity contribution in [3.63, 3.8) is 0 Å². The molecule has 164 valence electrons. The molecule has 0 bridgehead atoms. The van der Waals surface area contributed by atoms with Gasteiger partial charge >= 0.3 is 0 Å². The summed E-state index contributed by atoms with van der Waals surface area (Å²) >= 11 is 0. The number of hydrogen-bond donors (Lipinski definition) is 1. The van der Waals surface area contributed by atoms with E-state index < -0.39 is 6.04 Å². The van der Waals surface area contributed by atoms with E-state index >= 15 is 0 Å². The standard InChI is InChI=1S/C24H26N6O2/c1-32-19-7-8-22-20(14-19)21(15-25-22)18-9-11-29(12-10-18)24(31)23(30-16-26-27-28-30)13-17-5-3-2-4-6-17/h2-8,14-16,18,23,25H,9-13H2,1H3. The molecule has 1 N–H and O–H groups in total. The smallest absolute Gasteiger partial charge is 0.247 e. The molecule has 1 amide bonds. The minimum absolute atomic E-state index is 0.0696. The van der Waals surface area contributed by atoms with Crippen LogP contribution in [-0.4, -0.2) is 56.2 Å². The molecule has 1 fully saturated rings. The third-order valence-electron chi connectivity index (χ3n) is 6.41. The molecule has 1 saturated heterocycles. The van der Waals surface area contributed by atoms with Gasteiger partial charge in [0.05, 0.1) is 7.11 Å². The fraction of sp³-hybridized carbons (Fsp3) is 0.333. The number of fused-ring (bicyclic) bond motifs is 1. The van der Waals surface area contributed by atoms with Crippen molar-refractivity contribution in [3.8, 4) is 5.75 Å². The molecule has 0 radical (unpaired) electrons. The Morgan fingerprint density at radius 1 is 1.19 bits per heavy atom. The van der Waals surface area contributed by atoms with Gasteiger partial charge in [-0.25, -0.2) is 4.68 Å². The summed E-state index contributed by atoms with van der Waals surface area (Å²) in [6, 6.07) is 15.7. The predicted octanol–water partition coefficient (Wildman–Crippen LogP) is 3.35. The molecule has 0 spiro atoms. The van der Waals surface area contributed by atoms with E-state index in [1.807, 2.05) is 41.3 Å². The minimum atomic E-state index is -0.443. The van der Waals surface area contributed by atoms with Gasteiger partial charge in [-0.2, -0.15) is 0 Å². The van der Waals surface area contributed by atoms with Crippen LogP contribution in [0.25, 0.3) is 10.9 Å². The van der Waals surface area contributed by atoms with Gasteiger partial charge in [-0.05, 0) is 58.5 Å². The van der Waals surface area contributed by atoms with E-state index in [4.69, 9.17) is 4.74 Å². The van der Waals surface area contributed by atoms with E-state index in [1.54, 1.807) is 11.8 Å². The summed E-state index contributed by atoms with van der Waals surface area (Å²) < 4.78 is 6.98. The number of ether oxygens (including phenoxy) is 1. The van der Waals surface area contributed by atoms with E-state index in [0.29, 0.717) is 25.4 Å². The molecule has 1 aliphatic rings. The van der Waals surface area contributed by atoms with E-state index in [2.05, 4.69) is 38.8 Å². The normalized spacial score (nSPS) is 15.7. The Balaban J connectivity index is 1.31. The largest absolute Gasteiger partial charge is 0.497 e. The molecule has 2 aromatic heterocycles. The number of aromatic nitrogens is 5. The Bertz CT molecular complexity index is 1180. The number of methoxy groups -OCH3 is 1. The Labute approximate surface area is 186 Å². The number of hydrogen-bond acceptors (Lipinski definition) is 5. The number of carbonyl (C=O) groups excluding carboxylic acids is 1. The number of carbonyl (C=O) groups is 1. The lowest BCUT2D eigenvalue weighted by Crippen LogP contribution is -2.42. The van der Waals surface area contributed by atoms with Crippen molar-refractivity contribution in [3.05, 3.63) is 72.2 Å². The summed E-state index contributed by atoms with van der Waals surface area (Å²) in [4.78, 5) is 18.8. The highest BCUT2D eigenvalue weighted by Gasteiger charge is 2.31. The number of piperidine rings is 1. The maximum absolute atomic E-state index is 13.5. The summed E-state index contributed by atoms with van der Waals surface area (Å²) in [5.74, 6) is 1.33. The van der Waals surface area contributed by atoms with Crippen LogP contribution in [0.1, 0.15) is 35.9 Å². The summed E-state index contributed by atoms with van der Waals surface area (Å²) in [7, 11) is 1.69. The van der Waals surface area contributed by atoms with Crippen molar-refractivity contribution >= 4 is 16.8 Å². The Hall–Kier alpha value is -3.68. The topological polar surface area (TPSA) is 88.9 Å². The van der Waals surface area contributed by atoms with Crippen LogP contribution in [0.3, 0.4) is 0 Å². The van der Waals surface area contributed by atoms with E-state index in [0.717, 1.165) is 29.7 Å². The molecular formula is C24H26N6O2. The van der Waals surface area contributed by atoms with Gasteiger partial charge in [0, 0.05) is 36.6 Å². The molecule has 32 heavy (non-hydrogen) atoms. The first-order valence-corrected chi connectivity index (χ1v) is 10.9. The number of nitrogens with one attached hydrogen (secondary N) is 1. The van der Waals surface area contributed by atoms with Gasteiger partial charge in [-0.3, -0.25) is 4.79 Å². The number of tetrazole rings is 1. The fourth-order valence-electron chi connectivity index (χ4n) is 4.65. The third kappa shape index (κ3) is 3.95. The summed E-state index contributed by atoms with van der Waals surface area (Å²) in [5, 5.41) is 12.7. The molecule has 1 atom stereocenters. The van der Waals surface area contributed by atoms with Gasteiger partial charge in [0.2, 0.25) is 5.91 Å². The first-order chi connectivity index (χ1) is 15.7. The van der Waals surface area contributed by atoms with Crippen LogP contribution < -0.4 is 4.74 Å². The Kier molecular flexibility index (Phi) is 5.58.